The molecule has 0 aliphatic heterocycles. The van der Waals surface area contributed by atoms with E-state index in [9.17, 15) is 4.79 Å². The molecule has 1 unspecified atom stereocenters. The summed E-state index contributed by atoms with van der Waals surface area (Å²) in [6, 6.07) is 0. The lowest BCUT2D eigenvalue weighted by atomic mass is 9.78. The predicted octanol–water partition coefficient (Wildman–Crippen LogP) is 4.18. The second-order valence-corrected chi connectivity index (χ2v) is 6.39. The van der Waals surface area contributed by atoms with Crippen molar-refractivity contribution in [3.8, 4) is 0 Å². The summed E-state index contributed by atoms with van der Waals surface area (Å²) < 4.78 is 5.76. The lowest BCUT2D eigenvalue weighted by Gasteiger charge is -2.37. The highest BCUT2D eigenvalue weighted by molar-refractivity contribution is 5.72. The van der Waals surface area contributed by atoms with Gasteiger partial charge in [-0.2, -0.15) is 0 Å². The maximum Gasteiger partial charge on any atom is 0.309 e. The summed E-state index contributed by atoms with van der Waals surface area (Å²) in [5.74, 6) is 0.859. The van der Waals surface area contributed by atoms with Crippen molar-refractivity contribution in [3.63, 3.8) is 0 Å². The van der Waals surface area contributed by atoms with Gasteiger partial charge in [-0.3, -0.25) is 4.79 Å². The molecule has 17 heavy (non-hydrogen) atoms. The molecule has 0 bridgehead atoms. The number of carbonyl (C=O) groups is 1. The van der Waals surface area contributed by atoms with Crippen LogP contribution in [0.4, 0.5) is 0 Å². The third kappa shape index (κ3) is 4.01. The predicted molar refractivity (Wildman–Crippen MR) is 70.7 cm³/mol. The average molecular weight is 240 g/mol. The zero-order valence-corrected chi connectivity index (χ0v) is 12.1. The Morgan fingerprint density at radius 3 is 2.12 bits per heavy atom. The van der Waals surface area contributed by atoms with E-state index in [1.54, 1.807) is 0 Å². The first kappa shape index (κ1) is 14.5. The highest BCUT2D eigenvalue weighted by Gasteiger charge is 2.35. The molecule has 1 rings (SSSR count). The third-order valence-corrected chi connectivity index (χ3v) is 4.32. The number of hydrogen-bond donors (Lipinski definition) is 0. The molecule has 1 aliphatic carbocycles. The number of ether oxygens (including phenoxy) is 1. The second kappa shape index (κ2) is 5.88. The minimum absolute atomic E-state index is 0.00198. The van der Waals surface area contributed by atoms with E-state index in [4.69, 9.17) is 4.74 Å². The standard InChI is InChI=1S/C15H28O2/c1-11(2)12(3)14(16)17-15(4,5)13-9-7-6-8-10-13/h11-13H,6-10H2,1-5H3. The maximum atomic E-state index is 12.0. The molecule has 0 aromatic carbocycles. The molecule has 0 aromatic rings. The van der Waals surface area contributed by atoms with Crippen molar-refractivity contribution in [2.24, 2.45) is 17.8 Å². The monoisotopic (exact) mass is 240 g/mol. The van der Waals surface area contributed by atoms with Gasteiger partial charge in [0, 0.05) is 0 Å². The van der Waals surface area contributed by atoms with Crippen LogP contribution in [0, 0.1) is 17.8 Å². The van der Waals surface area contributed by atoms with Gasteiger partial charge < -0.3 is 4.74 Å². The van der Waals surface area contributed by atoms with E-state index in [1.807, 2.05) is 6.92 Å². The molecule has 0 aromatic heterocycles. The van der Waals surface area contributed by atoms with E-state index in [0.29, 0.717) is 11.8 Å². The number of rotatable bonds is 4. The molecule has 2 nitrogen and oxygen atoms in total. The zero-order valence-electron chi connectivity index (χ0n) is 12.1. The van der Waals surface area contributed by atoms with Gasteiger partial charge in [0.2, 0.25) is 0 Å². The Bertz CT molecular complexity index is 250. The van der Waals surface area contributed by atoms with E-state index < -0.39 is 0 Å². The van der Waals surface area contributed by atoms with Crippen LogP contribution in [0.2, 0.25) is 0 Å². The van der Waals surface area contributed by atoms with E-state index in [-0.39, 0.29) is 17.5 Å². The molecule has 2 heteroatoms. The number of esters is 1. The smallest absolute Gasteiger partial charge is 0.309 e. The summed E-state index contributed by atoms with van der Waals surface area (Å²) in [6.45, 7) is 10.3. The fraction of sp³-hybridized carbons (Fsp3) is 0.933. The van der Waals surface area contributed by atoms with Crippen molar-refractivity contribution in [3.05, 3.63) is 0 Å². The second-order valence-electron chi connectivity index (χ2n) is 6.39. The molecular formula is C15H28O2. The van der Waals surface area contributed by atoms with Crippen molar-refractivity contribution in [2.45, 2.75) is 72.3 Å². The van der Waals surface area contributed by atoms with Crippen molar-refractivity contribution in [1.29, 1.82) is 0 Å². The lowest BCUT2D eigenvalue weighted by Crippen LogP contribution is -2.39. The molecule has 100 valence electrons. The summed E-state index contributed by atoms with van der Waals surface area (Å²) >= 11 is 0. The molecular weight excluding hydrogens is 212 g/mol. The van der Waals surface area contributed by atoms with Crippen LogP contribution in [0.3, 0.4) is 0 Å². The number of hydrogen-bond acceptors (Lipinski definition) is 2. The summed E-state index contributed by atoms with van der Waals surface area (Å²) in [6.07, 6.45) is 6.31. The van der Waals surface area contributed by atoms with Crippen LogP contribution in [0.15, 0.2) is 0 Å². The highest BCUT2D eigenvalue weighted by atomic mass is 16.6. The fourth-order valence-corrected chi connectivity index (χ4v) is 2.51. The Morgan fingerprint density at radius 2 is 1.65 bits per heavy atom. The number of carbonyl (C=O) groups excluding carboxylic acids is 1. The Labute approximate surface area is 106 Å². The fourth-order valence-electron chi connectivity index (χ4n) is 2.51. The minimum Gasteiger partial charge on any atom is -0.459 e. The van der Waals surface area contributed by atoms with Crippen molar-refractivity contribution in [1.82, 2.24) is 0 Å². The van der Waals surface area contributed by atoms with E-state index in [0.717, 1.165) is 0 Å². The Morgan fingerprint density at radius 1 is 1.12 bits per heavy atom. The summed E-state index contributed by atoms with van der Waals surface area (Å²) in [7, 11) is 0. The molecule has 0 heterocycles. The summed E-state index contributed by atoms with van der Waals surface area (Å²) in [5.41, 5.74) is -0.291. The molecule has 0 N–H and O–H groups in total. The van der Waals surface area contributed by atoms with Crippen LogP contribution in [0.25, 0.3) is 0 Å². The van der Waals surface area contributed by atoms with Crippen LogP contribution in [-0.2, 0) is 9.53 Å². The van der Waals surface area contributed by atoms with Gasteiger partial charge in [0.15, 0.2) is 0 Å². The van der Waals surface area contributed by atoms with E-state index in [2.05, 4.69) is 27.7 Å². The van der Waals surface area contributed by atoms with Crippen LogP contribution in [0.5, 0.6) is 0 Å². The van der Waals surface area contributed by atoms with Gasteiger partial charge in [-0.25, -0.2) is 0 Å². The van der Waals surface area contributed by atoms with Gasteiger partial charge in [-0.15, -0.1) is 0 Å². The molecule has 0 amide bonds. The highest BCUT2D eigenvalue weighted by Crippen LogP contribution is 2.35. The Hall–Kier alpha value is -0.530. The van der Waals surface area contributed by atoms with E-state index in [1.165, 1.54) is 32.1 Å². The van der Waals surface area contributed by atoms with Crippen LogP contribution in [-0.4, -0.2) is 11.6 Å². The quantitative estimate of drug-likeness (QED) is 0.689. The van der Waals surface area contributed by atoms with Gasteiger partial charge in [0.05, 0.1) is 5.92 Å². The molecule has 0 radical (unpaired) electrons. The van der Waals surface area contributed by atoms with Gasteiger partial charge in [-0.1, -0.05) is 40.0 Å². The molecule has 1 saturated carbocycles. The molecule has 1 atom stereocenters. The van der Waals surface area contributed by atoms with Crippen LogP contribution >= 0.6 is 0 Å². The first-order chi connectivity index (χ1) is 7.84. The molecule has 1 fully saturated rings. The van der Waals surface area contributed by atoms with Crippen molar-refractivity contribution >= 4 is 5.97 Å². The molecule has 0 saturated heterocycles. The first-order valence-electron chi connectivity index (χ1n) is 7.07. The normalized spacial score (nSPS) is 20.4. The molecule has 0 spiro atoms. The summed E-state index contributed by atoms with van der Waals surface area (Å²) in [5, 5.41) is 0. The van der Waals surface area contributed by atoms with E-state index >= 15 is 0 Å². The SMILES string of the molecule is CC(C)C(C)C(=O)OC(C)(C)C1CCCCC1. The average Bonchev–Trinajstić information content (AvgIpc) is 2.28. The van der Waals surface area contributed by atoms with Gasteiger partial charge in [0.25, 0.3) is 0 Å². The van der Waals surface area contributed by atoms with Crippen LogP contribution < -0.4 is 0 Å². The third-order valence-electron chi connectivity index (χ3n) is 4.32. The largest absolute Gasteiger partial charge is 0.459 e. The topological polar surface area (TPSA) is 26.3 Å². The molecule has 1 aliphatic rings. The van der Waals surface area contributed by atoms with Crippen molar-refractivity contribution < 1.29 is 9.53 Å². The van der Waals surface area contributed by atoms with Crippen LogP contribution in [0.1, 0.15) is 66.7 Å². The minimum atomic E-state index is -0.291. The first-order valence-corrected chi connectivity index (χ1v) is 7.07. The maximum absolute atomic E-state index is 12.0. The Balaban J connectivity index is 2.55. The zero-order chi connectivity index (χ0) is 13.1. The van der Waals surface area contributed by atoms with Gasteiger partial charge >= 0.3 is 5.97 Å². The lowest BCUT2D eigenvalue weighted by molar-refractivity contribution is -0.169. The van der Waals surface area contributed by atoms with Gasteiger partial charge in [-0.05, 0) is 38.5 Å². The summed E-state index contributed by atoms with van der Waals surface area (Å²) in [4.78, 5) is 12.0. The Kier molecular flexibility index (Phi) is 5.03. The van der Waals surface area contributed by atoms with Crippen molar-refractivity contribution in [2.75, 3.05) is 0 Å². The van der Waals surface area contributed by atoms with Gasteiger partial charge in [0.1, 0.15) is 5.60 Å².